The highest BCUT2D eigenvalue weighted by Gasteiger charge is 2.52. The van der Waals surface area contributed by atoms with Crippen LogP contribution in [-0.2, 0) is 22.4 Å². The third-order valence-electron chi connectivity index (χ3n) is 6.52. The van der Waals surface area contributed by atoms with Crippen LogP contribution < -0.4 is 10.2 Å². The Morgan fingerprint density at radius 1 is 0.938 bits per heavy atom. The van der Waals surface area contributed by atoms with E-state index < -0.39 is 0 Å². The van der Waals surface area contributed by atoms with E-state index in [0.29, 0.717) is 24.1 Å². The van der Waals surface area contributed by atoms with E-state index in [4.69, 9.17) is 0 Å². The number of imide groups is 1. The van der Waals surface area contributed by atoms with Gasteiger partial charge in [-0.15, -0.1) is 0 Å². The molecule has 1 aliphatic carbocycles. The van der Waals surface area contributed by atoms with Crippen LogP contribution in [0.2, 0.25) is 0 Å². The number of carbonyl (C=O) groups is 3. The van der Waals surface area contributed by atoms with Crippen LogP contribution in [-0.4, -0.2) is 27.4 Å². The van der Waals surface area contributed by atoms with Gasteiger partial charge in [-0.3, -0.25) is 19.3 Å². The second kappa shape index (κ2) is 9.48. The molecular formula is C25H26Br2N2O3. The van der Waals surface area contributed by atoms with Crippen molar-refractivity contribution in [1.82, 2.24) is 0 Å². The molecule has 7 heteroatoms. The average Bonchev–Trinajstić information content (AvgIpc) is 3.03. The van der Waals surface area contributed by atoms with Gasteiger partial charge >= 0.3 is 0 Å². The highest BCUT2D eigenvalue weighted by molar-refractivity contribution is 9.12. The van der Waals surface area contributed by atoms with Crippen LogP contribution in [0.4, 0.5) is 11.4 Å². The molecule has 4 atom stereocenters. The van der Waals surface area contributed by atoms with Crippen molar-refractivity contribution in [1.29, 1.82) is 0 Å². The molecule has 1 aliphatic heterocycles. The van der Waals surface area contributed by atoms with Crippen molar-refractivity contribution in [3.05, 3.63) is 59.2 Å². The van der Waals surface area contributed by atoms with Gasteiger partial charge in [0.25, 0.3) is 5.91 Å². The average molecular weight is 562 g/mol. The Labute approximate surface area is 205 Å². The Balaban J connectivity index is 1.60. The van der Waals surface area contributed by atoms with E-state index in [2.05, 4.69) is 51.0 Å². The number of nitrogens with one attached hydrogen (secondary N) is 1. The molecule has 2 aromatic carbocycles. The first-order valence-electron chi connectivity index (χ1n) is 11.0. The van der Waals surface area contributed by atoms with E-state index in [0.717, 1.165) is 29.7 Å². The molecule has 0 unspecified atom stereocenters. The normalized spacial score (nSPS) is 25.1. The van der Waals surface area contributed by atoms with Crippen LogP contribution in [0.5, 0.6) is 0 Å². The van der Waals surface area contributed by atoms with E-state index in [1.165, 1.54) is 4.90 Å². The maximum Gasteiger partial charge on any atom is 0.255 e. The lowest BCUT2D eigenvalue weighted by Gasteiger charge is -2.29. The largest absolute Gasteiger partial charge is 0.321 e. The summed E-state index contributed by atoms with van der Waals surface area (Å²) in [4.78, 5) is 40.9. The number of rotatable bonds is 5. The number of halogens is 2. The van der Waals surface area contributed by atoms with Gasteiger partial charge in [0.2, 0.25) is 11.8 Å². The Morgan fingerprint density at radius 3 is 2.00 bits per heavy atom. The number of amides is 3. The van der Waals surface area contributed by atoms with Gasteiger partial charge in [-0.25, -0.2) is 0 Å². The molecule has 4 rings (SSSR count). The summed E-state index contributed by atoms with van der Waals surface area (Å²) in [5.74, 6) is -1.24. The summed E-state index contributed by atoms with van der Waals surface area (Å²) in [6.07, 6.45) is 2.86. The summed E-state index contributed by atoms with van der Waals surface area (Å²) >= 11 is 7.23. The van der Waals surface area contributed by atoms with E-state index in [1.807, 2.05) is 18.2 Å². The zero-order chi connectivity index (χ0) is 23.0. The minimum Gasteiger partial charge on any atom is -0.321 e. The number of aryl methyl sites for hydroxylation is 2. The second-order valence-electron chi connectivity index (χ2n) is 8.39. The van der Waals surface area contributed by atoms with Crippen molar-refractivity contribution in [2.45, 2.75) is 49.2 Å². The molecule has 2 aliphatic rings. The summed E-state index contributed by atoms with van der Waals surface area (Å²) in [5.41, 5.74) is 3.88. The van der Waals surface area contributed by atoms with E-state index in [-0.39, 0.29) is 39.2 Å². The number of benzene rings is 2. The fourth-order valence-electron chi connectivity index (χ4n) is 4.72. The lowest BCUT2D eigenvalue weighted by molar-refractivity contribution is -0.122. The van der Waals surface area contributed by atoms with Gasteiger partial charge in [-0.2, -0.15) is 0 Å². The van der Waals surface area contributed by atoms with Crippen molar-refractivity contribution < 1.29 is 14.4 Å². The molecule has 1 saturated heterocycles. The van der Waals surface area contributed by atoms with Gasteiger partial charge in [0.1, 0.15) is 0 Å². The van der Waals surface area contributed by atoms with E-state index >= 15 is 0 Å². The summed E-state index contributed by atoms with van der Waals surface area (Å²) in [5, 5.41) is 3.06. The van der Waals surface area contributed by atoms with Crippen LogP contribution in [0.3, 0.4) is 0 Å². The molecule has 2 aromatic rings. The number of para-hydroxylation sites is 1. The molecule has 0 radical (unpaired) electrons. The molecule has 1 heterocycles. The van der Waals surface area contributed by atoms with Crippen molar-refractivity contribution in [3.8, 4) is 0 Å². The lowest BCUT2D eigenvalue weighted by atomic mass is 9.81. The smallest absolute Gasteiger partial charge is 0.255 e. The molecule has 2 fully saturated rings. The number of carbonyl (C=O) groups excluding carboxylic acids is 3. The number of hydrogen-bond acceptors (Lipinski definition) is 3. The fraction of sp³-hybridized carbons (Fsp3) is 0.400. The molecular weight excluding hydrogens is 536 g/mol. The van der Waals surface area contributed by atoms with Gasteiger partial charge in [0.15, 0.2) is 0 Å². The predicted octanol–water partition coefficient (Wildman–Crippen LogP) is 5.49. The van der Waals surface area contributed by atoms with Gasteiger partial charge in [0, 0.05) is 20.9 Å². The van der Waals surface area contributed by atoms with Crippen molar-refractivity contribution in [2.75, 3.05) is 10.2 Å². The Hall–Kier alpha value is -1.99. The van der Waals surface area contributed by atoms with Crippen molar-refractivity contribution >= 4 is 61.0 Å². The number of fused-ring (bicyclic) bond motifs is 1. The molecule has 0 spiro atoms. The second-order valence-corrected chi connectivity index (χ2v) is 10.7. The predicted molar refractivity (Wildman–Crippen MR) is 134 cm³/mol. The Bertz CT molecular complexity index is 1020. The first-order chi connectivity index (χ1) is 15.3. The standard InChI is InChI=1S/C25H26Br2N2O3/c1-3-14-7-5-8-15(4-2)22(14)28-23(30)16-9-6-10-17(11-16)29-24(31)18-12-20(26)21(27)13-19(18)25(29)32/h5-11,18-21H,3-4,12-13H2,1-2H3,(H,28,30)/t18-,19+,20+,21-. The Morgan fingerprint density at radius 2 is 1.47 bits per heavy atom. The van der Waals surface area contributed by atoms with Crippen LogP contribution in [0.25, 0.3) is 0 Å². The number of nitrogens with zero attached hydrogens (tertiary/aromatic N) is 1. The van der Waals surface area contributed by atoms with Crippen LogP contribution in [0, 0.1) is 11.8 Å². The zero-order valence-corrected chi connectivity index (χ0v) is 21.3. The highest BCUT2D eigenvalue weighted by Crippen LogP contribution is 2.44. The topological polar surface area (TPSA) is 66.5 Å². The number of anilines is 2. The van der Waals surface area contributed by atoms with Gasteiger partial charge in [0.05, 0.1) is 17.5 Å². The quantitative estimate of drug-likeness (QED) is 0.388. The Kier molecular flexibility index (Phi) is 6.86. The molecule has 0 bridgehead atoms. The maximum absolute atomic E-state index is 13.1. The first-order valence-corrected chi connectivity index (χ1v) is 12.9. The van der Waals surface area contributed by atoms with Gasteiger partial charge < -0.3 is 5.32 Å². The third-order valence-corrected chi connectivity index (χ3v) is 9.25. The number of alkyl halides is 2. The summed E-state index contributed by atoms with van der Waals surface area (Å²) in [7, 11) is 0. The van der Waals surface area contributed by atoms with E-state index in [1.54, 1.807) is 24.3 Å². The molecule has 32 heavy (non-hydrogen) atoms. The third kappa shape index (κ3) is 4.17. The highest BCUT2D eigenvalue weighted by atomic mass is 79.9. The monoisotopic (exact) mass is 560 g/mol. The molecule has 1 N–H and O–H groups in total. The van der Waals surface area contributed by atoms with Crippen molar-refractivity contribution in [2.24, 2.45) is 11.8 Å². The van der Waals surface area contributed by atoms with E-state index in [9.17, 15) is 14.4 Å². The minimum absolute atomic E-state index is 0.156. The molecule has 1 saturated carbocycles. The molecule has 5 nitrogen and oxygen atoms in total. The van der Waals surface area contributed by atoms with Crippen molar-refractivity contribution in [3.63, 3.8) is 0 Å². The van der Waals surface area contributed by atoms with Crippen LogP contribution in [0.1, 0.15) is 48.2 Å². The SMILES string of the molecule is CCc1cccc(CC)c1NC(=O)c1cccc(N2C(=O)[C@H]3C[C@@H](Br)[C@@H](Br)C[C@H]3C2=O)c1. The van der Waals surface area contributed by atoms with Gasteiger partial charge in [-0.05, 0) is 55.0 Å². The van der Waals surface area contributed by atoms with Gasteiger partial charge in [-0.1, -0.05) is 70.0 Å². The lowest BCUT2D eigenvalue weighted by Crippen LogP contribution is -2.34. The molecule has 3 amide bonds. The molecule has 0 aromatic heterocycles. The number of hydrogen-bond donors (Lipinski definition) is 1. The maximum atomic E-state index is 13.1. The summed E-state index contributed by atoms with van der Waals surface area (Å²) in [6.45, 7) is 4.12. The summed E-state index contributed by atoms with van der Waals surface area (Å²) in [6, 6.07) is 12.8. The van der Waals surface area contributed by atoms with Crippen LogP contribution in [0.15, 0.2) is 42.5 Å². The minimum atomic E-state index is -0.318. The summed E-state index contributed by atoms with van der Waals surface area (Å²) < 4.78 is 0. The zero-order valence-electron chi connectivity index (χ0n) is 18.1. The fourth-order valence-corrected chi connectivity index (χ4v) is 5.96. The van der Waals surface area contributed by atoms with Crippen LogP contribution >= 0.6 is 31.9 Å². The molecule has 168 valence electrons. The first kappa shape index (κ1) is 23.2.